The predicted molar refractivity (Wildman–Crippen MR) is 87.6 cm³/mol. The van der Waals surface area contributed by atoms with E-state index in [9.17, 15) is 10.2 Å². The van der Waals surface area contributed by atoms with Gasteiger partial charge in [0.15, 0.2) is 10.6 Å². The third-order valence-corrected chi connectivity index (χ3v) is 3.63. The zero-order valence-corrected chi connectivity index (χ0v) is 12.6. The van der Waals surface area contributed by atoms with Crippen molar-refractivity contribution in [3.63, 3.8) is 0 Å². The first-order valence-corrected chi connectivity index (χ1v) is 6.94. The van der Waals surface area contributed by atoms with Crippen LogP contribution in [0.15, 0.2) is 36.4 Å². The van der Waals surface area contributed by atoms with Crippen LogP contribution < -0.4 is 5.46 Å². The van der Waals surface area contributed by atoms with E-state index < -0.39 is 0 Å². The molecule has 3 aromatic rings. The topological polar surface area (TPSA) is 74.1 Å². The molecular weight excluding hydrogens is 297 g/mol. The average Bonchev–Trinajstić information content (AvgIpc) is 2.81. The Morgan fingerprint density at radius 3 is 2.64 bits per heavy atom. The lowest BCUT2D eigenvalue weighted by atomic mass is 9.94. The molecule has 2 radical (unpaired) electrons. The maximum Gasteiger partial charge on any atom is 0.200 e. The number of hydrogen-bond acceptors (Lipinski definition) is 4. The smallest absolute Gasteiger partial charge is 0.200 e. The maximum atomic E-state index is 10.1. The number of rotatable bonds is 2. The minimum Gasteiger partial charge on any atom is -0.508 e. The molecule has 0 saturated carbocycles. The van der Waals surface area contributed by atoms with Crippen LogP contribution in [0.2, 0.25) is 0 Å². The molecule has 0 aliphatic carbocycles. The van der Waals surface area contributed by atoms with Gasteiger partial charge in [-0.25, -0.2) is 0 Å². The highest BCUT2D eigenvalue weighted by Crippen LogP contribution is 2.32. The van der Waals surface area contributed by atoms with E-state index in [1.165, 1.54) is 12.1 Å². The zero-order valence-electron chi connectivity index (χ0n) is 11.7. The molecule has 0 aliphatic heterocycles. The summed E-state index contributed by atoms with van der Waals surface area (Å²) in [6, 6.07) is 9.78. The molecule has 22 heavy (non-hydrogen) atoms. The molecule has 7 heteroatoms. The Morgan fingerprint density at radius 2 is 1.95 bits per heavy atom. The van der Waals surface area contributed by atoms with Gasteiger partial charge in [-0.3, -0.25) is 9.67 Å². The van der Waals surface area contributed by atoms with E-state index in [0.717, 1.165) is 11.3 Å². The zero-order chi connectivity index (χ0) is 15.9. The molecule has 0 unspecified atom stereocenters. The van der Waals surface area contributed by atoms with Gasteiger partial charge in [-0.2, -0.15) is 5.10 Å². The van der Waals surface area contributed by atoms with Crippen molar-refractivity contribution < 1.29 is 10.2 Å². The Hall–Kier alpha value is -2.54. The highest BCUT2D eigenvalue weighted by molar-refractivity contribution is 7.71. The van der Waals surface area contributed by atoms with Crippen molar-refractivity contribution in [1.29, 1.82) is 0 Å². The van der Waals surface area contributed by atoms with Gasteiger partial charge in [0.05, 0.1) is 11.3 Å². The van der Waals surface area contributed by atoms with Crippen molar-refractivity contribution in [2.45, 2.75) is 6.92 Å². The van der Waals surface area contributed by atoms with Crippen molar-refractivity contribution in [3.05, 3.63) is 46.7 Å². The van der Waals surface area contributed by atoms with Crippen molar-refractivity contribution >= 4 is 25.5 Å². The standard InChI is InChI=1S/C15H12BN3O2S/c1-8-6-9(16)2-5-12(8)19-14(17-18-15(19)22)11-4-3-10(20)7-13(11)21/h2-7,20-21H,1H3,(H,18,22). The number of H-pyrrole nitrogens is 1. The summed E-state index contributed by atoms with van der Waals surface area (Å²) in [6.45, 7) is 1.92. The summed E-state index contributed by atoms with van der Waals surface area (Å²) >= 11 is 5.30. The Morgan fingerprint density at radius 1 is 1.18 bits per heavy atom. The number of nitrogens with one attached hydrogen (secondary N) is 1. The van der Waals surface area contributed by atoms with E-state index in [1.807, 2.05) is 19.1 Å². The van der Waals surface area contributed by atoms with Gasteiger partial charge < -0.3 is 10.2 Å². The molecule has 108 valence electrons. The highest BCUT2D eigenvalue weighted by Gasteiger charge is 2.15. The second-order valence-corrected chi connectivity index (χ2v) is 5.32. The van der Waals surface area contributed by atoms with Gasteiger partial charge in [-0.05, 0) is 42.9 Å². The van der Waals surface area contributed by atoms with Crippen LogP contribution >= 0.6 is 12.2 Å². The molecule has 2 aromatic carbocycles. The van der Waals surface area contributed by atoms with Crippen LogP contribution in [-0.4, -0.2) is 32.8 Å². The summed E-state index contributed by atoms with van der Waals surface area (Å²) in [6.07, 6.45) is 0. The first kappa shape index (κ1) is 14.4. The number of hydrogen-bond donors (Lipinski definition) is 3. The number of nitrogens with zero attached hydrogens (tertiary/aromatic N) is 2. The van der Waals surface area contributed by atoms with Crippen LogP contribution in [0.3, 0.4) is 0 Å². The molecule has 0 amide bonds. The van der Waals surface area contributed by atoms with Crippen LogP contribution in [0.1, 0.15) is 5.56 Å². The third-order valence-electron chi connectivity index (χ3n) is 3.36. The van der Waals surface area contributed by atoms with Crippen LogP contribution in [0, 0.1) is 11.7 Å². The monoisotopic (exact) mass is 309 g/mol. The Bertz CT molecular complexity index is 917. The number of aromatic amines is 1. The van der Waals surface area contributed by atoms with Crippen LogP contribution in [-0.2, 0) is 0 Å². The van der Waals surface area contributed by atoms with Gasteiger partial charge in [0, 0.05) is 6.07 Å². The normalized spacial score (nSPS) is 10.8. The minimum atomic E-state index is -0.0802. The number of phenolic OH excluding ortho intramolecular Hbond substituents is 2. The summed E-state index contributed by atoms with van der Waals surface area (Å²) < 4.78 is 2.12. The first-order valence-electron chi connectivity index (χ1n) is 6.53. The molecule has 0 aliphatic rings. The second kappa shape index (κ2) is 5.34. The van der Waals surface area contributed by atoms with Crippen LogP contribution in [0.25, 0.3) is 17.1 Å². The van der Waals surface area contributed by atoms with Crippen molar-refractivity contribution in [3.8, 4) is 28.6 Å². The molecular formula is C15H12BN3O2S. The molecule has 1 aromatic heterocycles. The Labute approximate surface area is 133 Å². The Balaban J connectivity index is 2.26. The van der Waals surface area contributed by atoms with Gasteiger partial charge in [0.2, 0.25) is 0 Å². The Kier molecular flexibility index (Phi) is 3.50. The molecule has 1 heterocycles. The lowest BCUT2D eigenvalue weighted by molar-refractivity contribution is 0.451. The summed E-state index contributed by atoms with van der Waals surface area (Å²) in [5, 5.41) is 26.4. The molecule has 0 bridgehead atoms. The van der Waals surface area contributed by atoms with E-state index >= 15 is 0 Å². The molecule has 5 nitrogen and oxygen atoms in total. The third kappa shape index (κ3) is 2.39. The largest absolute Gasteiger partial charge is 0.508 e. The number of benzene rings is 2. The van der Waals surface area contributed by atoms with Gasteiger partial charge in [0.1, 0.15) is 19.3 Å². The van der Waals surface area contributed by atoms with Gasteiger partial charge in [-0.1, -0.05) is 17.6 Å². The summed E-state index contributed by atoms with van der Waals surface area (Å²) in [7, 11) is 5.78. The first-order chi connectivity index (χ1) is 10.5. The van der Waals surface area contributed by atoms with E-state index in [2.05, 4.69) is 10.2 Å². The molecule has 0 fully saturated rings. The van der Waals surface area contributed by atoms with Crippen LogP contribution in [0.5, 0.6) is 11.5 Å². The number of aromatic nitrogens is 3. The summed E-state index contributed by atoms with van der Waals surface area (Å²) in [4.78, 5) is 0. The van der Waals surface area contributed by atoms with Crippen LogP contribution in [0.4, 0.5) is 0 Å². The lowest BCUT2D eigenvalue weighted by Crippen LogP contribution is -2.07. The second-order valence-electron chi connectivity index (χ2n) is 4.94. The molecule has 0 saturated heterocycles. The SMILES string of the molecule is [B]c1ccc(-n2c(-c3ccc(O)cc3O)n[nH]c2=S)c(C)c1. The van der Waals surface area contributed by atoms with Crippen molar-refractivity contribution in [2.24, 2.45) is 0 Å². The number of aryl methyl sites for hydroxylation is 1. The van der Waals surface area contributed by atoms with Crippen molar-refractivity contribution in [1.82, 2.24) is 14.8 Å². The highest BCUT2D eigenvalue weighted by atomic mass is 32.1. The quantitative estimate of drug-likeness (QED) is 0.501. The lowest BCUT2D eigenvalue weighted by Gasteiger charge is -2.11. The van der Waals surface area contributed by atoms with E-state index in [4.69, 9.17) is 20.1 Å². The molecule has 3 N–H and O–H groups in total. The fourth-order valence-electron chi connectivity index (χ4n) is 2.34. The fraction of sp³-hybridized carbons (Fsp3) is 0.0667. The van der Waals surface area contributed by atoms with E-state index in [1.54, 1.807) is 16.7 Å². The van der Waals surface area contributed by atoms with Gasteiger partial charge in [0.25, 0.3) is 0 Å². The molecule has 3 rings (SSSR count). The average molecular weight is 309 g/mol. The maximum absolute atomic E-state index is 10.1. The molecule has 0 atom stereocenters. The summed E-state index contributed by atoms with van der Waals surface area (Å²) in [5.41, 5.74) is 2.86. The van der Waals surface area contributed by atoms with Gasteiger partial charge in [-0.15, -0.1) is 0 Å². The number of phenols is 2. The number of aromatic hydroxyl groups is 2. The summed E-state index contributed by atoms with van der Waals surface area (Å²) in [5.74, 6) is 0.351. The fourth-order valence-corrected chi connectivity index (χ4v) is 2.57. The predicted octanol–water partition coefficient (Wildman–Crippen LogP) is 2.11. The van der Waals surface area contributed by atoms with E-state index in [-0.39, 0.29) is 11.5 Å². The van der Waals surface area contributed by atoms with E-state index in [0.29, 0.717) is 21.6 Å². The molecule has 0 spiro atoms. The van der Waals surface area contributed by atoms with Crippen molar-refractivity contribution in [2.75, 3.05) is 0 Å². The van der Waals surface area contributed by atoms with Gasteiger partial charge >= 0.3 is 0 Å². The minimum absolute atomic E-state index is 0.0226.